The second kappa shape index (κ2) is 3.91. The van der Waals surface area contributed by atoms with Gasteiger partial charge in [0.15, 0.2) is 5.82 Å². The molecule has 76 valence electrons. The summed E-state index contributed by atoms with van der Waals surface area (Å²) < 4.78 is 13.3. The second-order valence-electron chi connectivity index (χ2n) is 2.65. The fourth-order valence-corrected chi connectivity index (χ4v) is 1.07. The van der Waals surface area contributed by atoms with Crippen LogP contribution in [0, 0.1) is 15.9 Å². The van der Waals surface area contributed by atoms with Gasteiger partial charge in [0, 0.05) is 12.6 Å². The highest BCUT2D eigenvalue weighted by Crippen LogP contribution is 2.29. The Kier molecular flexibility index (Phi) is 2.85. The summed E-state index contributed by atoms with van der Waals surface area (Å²) in [5.74, 6) is -0.777. The van der Waals surface area contributed by atoms with Crippen LogP contribution >= 0.6 is 0 Å². The fraction of sp³-hybridized carbons (Fsp3) is 0.250. The molecule has 0 fully saturated rings. The summed E-state index contributed by atoms with van der Waals surface area (Å²) in [5, 5.41) is 13.1. The SMILES string of the molecule is CCNc1ccc([N+](=O)[O-])c(N)c1F. The van der Waals surface area contributed by atoms with Crippen molar-refractivity contribution < 1.29 is 9.31 Å². The summed E-state index contributed by atoms with van der Waals surface area (Å²) in [7, 11) is 0. The predicted octanol–water partition coefficient (Wildman–Crippen LogP) is 1.75. The Hall–Kier alpha value is -1.85. The molecule has 0 aliphatic carbocycles. The molecule has 0 bridgehead atoms. The first-order chi connectivity index (χ1) is 6.57. The zero-order valence-electron chi connectivity index (χ0n) is 7.58. The van der Waals surface area contributed by atoms with Crippen molar-refractivity contribution in [2.75, 3.05) is 17.6 Å². The topological polar surface area (TPSA) is 81.2 Å². The minimum absolute atomic E-state index is 0.176. The van der Waals surface area contributed by atoms with Crippen molar-refractivity contribution in [3.8, 4) is 0 Å². The highest BCUT2D eigenvalue weighted by molar-refractivity contribution is 5.67. The van der Waals surface area contributed by atoms with Crippen molar-refractivity contribution in [1.82, 2.24) is 0 Å². The monoisotopic (exact) mass is 199 g/mol. The Morgan fingerprint density at radius 3 is 2.79 bits per heavy atom. The highest BCUT2D eigenvalue weighted by Gasteiger charge is 2.17. The quantitative estimate of drug-likeness (QED) is 0.441. The molecule has 1 aromatic rings. The first kappa shape index (κ1) is 10.2. The summed E-state index contributed by atoms with van der Waals surface area (Å²) in [6.07, 6.45) is 0. The van der Waals surface area contributed by atoms with Gasteiger partial charge in [-0.1, -0.05) is 0 Å². The summed E-state index contributed by atoms with van der Waals surface area (Å²) >= 11 is 0. The third kappa shape index (κ3) is 1.73. The summed E-state index contributed by atoms with van der Waals surface area (Å²) in [4.78, 5) is 9.67. The molecule has 0 saturated carbocycles. The van der Waals surface area contributed by atoms with Crippen LogP contribution in [0.1, 0.15) is 6.92 Å². The minimum atomic E-state index is -0.777. The lowest BCUT2D eigenvalue weighted by Crippen LogP contribution is -2.04. The van der Waals surface area contributed by atoms with Crippen LogP contribution in [0.4, 0.5) is 21.5 Å². The average molecular weight is 199 g/mol. The third-order valence-corrected chi connectivity index (χ3v) is 1.72. The molecule has 0 atom stereocenters. The first-order valence-corrected chi connectivity index (χ1v) is 4.04. The molecule has 3 N–H and O–H groups in total. The van der Waals surface area contributed by atoms with Gasteiger partial charge in [0.1, 0.15) is 5.69 Å². The molecule has 1 rings (SSSR count). The molecule has 5 nitrogen and oxygen atoms in total. The van der Waals surface area contributed by atoms with E-state index in [-0.39, 0.29) is 5.69 Å². The Morgan fingerprint density at radius 2 is 2.29 bits per heavy atom. The van der Waals surface area contributed by atoms with E-state index in [1.165, 1.54) is 12.1 Å². The van der Waals surface area contributed by atoms with Gasteiger partial charge in [0.25, 0.3) is 5.69 Å². The number of nitrogens with zero attached hydrogens (tertiary/aromatic N) is 1. The number of nitrogen functional groups attached to an aromatic ring is 1. The molecule has 14 heavy (non-hydrogen) atoms. The van der Waals surface area contributed by atoms with Crippen molar-refractivity contribution in [3.05, 3.63) is 28.1 Å². The first-order valence-electron chi connectivity index (χ1n) is 4.04. The van der Waals surface area contributed by atoms with Gasteiger partial charge in [-0.2, -0.15) is 0 Å². The molecular weight excluding hydrogens is 189 g/mol. The fourth-order valence-electron chi connectivity index (χ4n) is 1.07. The summed E-state index contributed by atoms with van der Waals surface area (Å²) in [6.45, 7) is 2.31. The molecule has 1 aromatic carbocycles. The van der Waals surface area contributed by atoms with E-state index < -0.39 is 22.1 Å². The van der Waals surface area contributed by atoms with Gasteiger partial charge in [0.05, 0.1) is 10.6 Å². The van der Waals surface area contributed by atoms with Crippen molar-refractivity contribution in [2.45, 2.75) is 6.92 Å². The largest absolute Gasteiger partial charge is 0.391 e. The molecule has 0 aromatic heterocycles. The van der Waals surface area contributed by atoms with Crippen LogP contribution in [0.3, 0.4) is 0 Å². The summed E-state index contributed by atoms with van der Waals surface area (Å²) in [6, 6.07) is 2.48. The molecule has 0 heterocycles. The number of nitrogens with two attached hydrogens (primary N) is 1. The number of halogens is 1. The Labute approximate surface area is 79.9 Å². The van der Waals surface area contributed by atoms with Crippen LogP contribution in [0.2, 0.25) is 0 Å². The van der Waals surface area contributed by atoms with Crippen LogP contribution in [0.25, 0.3) is 0 Å². The van der Waals surface area contributed by atoms with E-state index in [4.69, 9.17) is 5.73 Å². The number of benzene rings is 1. The van der Waals surface area contributed by atoms with Gasteiger partial charge in [0.2, 0.25) is 0 Å². The van der Waals surface area contributed by atoms with Crippen molar-refractivity contribution >= 4 is 17.1 Å². The van der Waals surface area contributed by atoms with E-state index in [0.29, 0.717) is 6.54 Å². The van der Waals surface area contributed by atoms with Gasteiger partial charge in [-0.05, 0) is 13.0 Å². The third-order valence-electron chi connectivity index (χ3n) is 1.72. The molecule has 0 aliphatic heterocycles. The number of nitro benzene ring substituents is 1. The van der Waals surface area contributed by atoms with Crippen LogP contribution in [-0.4, -0.2) is 11.5 Å². The maximum atomic E-state index is 13.3. The smallest absolute Gasteiger partial charge is 0.295 e. The maximum Gasteiger partial charge on any atom is 0.295 e. The highest BCUT2D eigenvalue weighted by atomic mass is 19.1. The van der Waals surface area contributed by atoms with E-state index in [9.17, 15) is 14.5 Å². The van der Waals surface area contributed by atoms with E-state index in [1.54, 1.807) is 6.92 Å². The Morgan fingerprint density at radius 1 is 1.64 bits per heavy atom. The van der Waals surface area contributed by atoms with Gasteiger partial charge in [-0.25, -0.2) is 4.39 Å². The van der Waals surface area contributed by atoms with Crippen LogP contribution in [-0.2, 0) is 0 Å². The molecule has 0 saturated heterocycles. The Bertz CT molecular complexity index is 368. The standard InChI is InChI=1S/C8H10FN3O2/c1-2-11-5-3-4-6(12(13)14)8(10)7(5)9/h3-4,11H,2,10H2,1H3. The normalized spacial score (nSPS) is 9.86. The van der Waals surface area contributed by atoms with Crippen molar-refractivity contribution in [3.63, 3.8) is 0 Å². The summed E-state index contributed by atoms with van der Waals surface area (Å²) in [5.41, 5.74) is 4.58. The molecule has 0 radical (unpaired) electrons. The molecular formula is C8H10FN3O2. The zero-order chi connectivity index (χ0) is 10.7. The van der Waals surface area contributed by atoms with E-state index in [0.717, 1.165) is 0 Å². The number of hydrogen-bond acceptors (Lipinski definition) is 4. The number of hydrogen-bond donors (Lipinski definition) is 2. The van der Waals surface area contributed by atoms with Gasteiger partial charge >= 0.3 is 0 Å². The van der Waals surface area contributed by atoms with Crippen LogP contribution < -0.4 is 11.1 Å². The number of nitrogens with one attached hydrogen (secondary N) is 1. The van der Waals surface area contributed by atoms with Gasteiger partial charge < -0.3 is 11.1 Å². The molecule has 0 amide bonds. The maximum absolute atomic E-state index is 13.3. The number of rotatable bonds is 3. The molecule has 0 aliphatic rings. The molecule has 6 heteroatoms. The lowest BCUT2D eigenvalue weighted by Gasteiger charge is -2.06. The van der Waals surface area contributed by atoms with Crippen LogP contribution in [0.15, 0.2) is 12.1 Å². The molecule has 0 spiro atoms. The average Bonchev–Trinajstić information content (AvgIpc) is 2.13. The van der Waals surface area contributed by atoms with Gasteiger partial charge in [-0.15, -0.1) is 0 Å². The number of nitro groups is 1. The van der Waals surface area contributed by atoms with E-state index in [1.807, 2.05) is 0 Å². The Balaban J connectivity index is 3.19. The lowest BCUT2D eigenvalue weighted by atomic mass is 10.2. The molecule has 0 unspecified atom stereocenters. The minimum Gasteiger partial charge on any atom is -0.391 e. The lowest BCUT2D eigenvalue weighted by molar-refractivity contribution is -0.384. The van der Waals surface area contributed by atoms with E-state index in [2.05, 4.69) is 5.32 Å². The van der Waals surface area contributed by atoms with Crippen molar-refractivity contribution in [2.24, 2.45) is 0 Å². The predicted molar refractivity (Wildman–Crippen MR) is 51.6 cm³/mol. The zero-order valence-corrected chi connectivity index (χ0v) is 7.58. The van der Waals surface area contributed by atoms with Crippen LogP contribution in [0.5, 0.6) is 0 Å². The van der Waals surface area contributed by atoms with Crippen molar-refractivity contribution in [1.29, 1.82) is 0 Å². The number of anilines is 2. The van der Waals surface area contributed by atoms with E-state index >= 15 is 0 Å². The van der Waals surface area contributed by atoms with Gasteiger partial charge in [-0.3, -0.25) is 10.1 Å². The second-order valence-corrected chi connectivity index (χ2v) is 2.65.